The molecular formula is C14H27NO. The van der Waals surface area contributed by atoms with Gasteiger partial charge in [0.05, 0.1) is 0 Å². The van der Waals surface area contributed by atoms with Crippen LogP contribution in [0.25, 0.3) is 0 Å². The minimum atomic E-state index is 0.190. The Labute approximate surface area is 100 Å². The van der Waals surface area contributed by atoms with Crippen LogP contribution in [-0.4, -0.2) is 24.4 Å². The summed E-state index contributed by atoms with van der Waals surface area (Å²) in [4.78, 5) is 14.3. The summed E-state index contributed by atoms with van der Waals surface area (Å²) < 4.78 is 0. The van der Waals surface area contributed by atoms with Gasteiger partial charge >= 0.3 is 0 Å². The highest BCUT2D eigenvalue weighted by Gasteiger charge is 2.39. The molecule has 0 saturated heterocycles. The topological polar surface area (TPSA) is 20.3 Å². The molecule has 0 heterocycles. The summed E-state index contributed by atoms with van der Waals surface area (Å²) in [6.45, 7) is 11.7. The van der Waals surface area contributed by atoms with Crippen LogP contribution in [0.3, 0.4) is 0 Å². The van der Waals surface area contributed by atoms with E-state index in [1.54, 1.807) is 0 Å². The van der Waals surface area contributed by atoms with Gasteiger partial charge in [0.25, 0.3) is 0 Å². The SMILES string of the molecule is CC(C)C(C(=O)N(C)CC(C)(C)C)C1CC1. The molecule has 0 aromatic heterocycles. The van der Waals surface area contributed by atoms with Crippen molar-refractivity contribution in [3.63, 3.8) is 0 Å². The van der Waals surface area contributed by atoms with E-state index in [4.69, 9.17) is 0 Å². The molecule has 0 bridgehead atoms. The number of amides is 1. The van der Waals surface area contributed by atoms with Gasteiger partial charge in [0.15, 0.2) is 0 Å². The highest BCUT2D eigenvalue weighted by Crippen LogP contribution is 2.41. The van der Waals surface area contributed by atoms with E-state index in [0.717, 1.165) is 6.54 Å². The Bertz CT molecular complexity index is 246. The van der Waals surface area contributed by atoms with Gasteiger partial charge in [0.2, 0.25) is 5.91 Å². The second kappa shape index (κ2) is 4.77. The Morgan fingerprint density at radius 3 is 2.12 bits per heavy atom. The molecule has 16 heavy (non-hydrogen) atoms. The molecule has 2 heteroatoms. The van der Waals surface area contributed by atoms with Crippen molar-refractivity contribution < 1.29 is 4.79 Å². The molecule has 1 atom stereocenters. The highest BCUT2D eigenvalue weighted by atomic mass is 16.2. The van der Waals surface area contributed by atoms with Crippen LogP contribution in [0.4, 0.5) is 0 Å². The van der Waals surface area contributed by atoms with Crippen LogP contribution in [0.1, 0.15) is 47.5 Å². The van der Waals surface area contributed by atoms with E-state index in [2.05, 4.69) is 34.6 Å². The molecular weight excluding hydrogens is 198 g/mol. The van der Waals surface area contributed by atoms with Crippen molar-refractivity contribution in [3.05, 3.63) is 0 Å². The van der Waals surface area contributed by atoms with Crippen LogP contribution < -0.4 is 0 Å². The smallest absolute Gasteiger partial charge is 0.225 e. The lowest BCUT2D eigenvalue weighted by Crippen LogP contribution is -2.40. The lowest BCUT2D eigenvalue weighted by molar-refractivity contribution is -0.137. The molecule has 1 saturated carbocycles. The monoisotopic (exact) mass is 225 g/mol. The predicted molar refractivity (Wildman–Crippen MR) is 68.1 cm³/mol. The third-order valence-electron chi connectivity index (χ3n) is 3.22. The number of nitrogens with zero attached hydrogens (tertiary/aromatic N) is 1. The maximum Gasteiger partial charge on any atom is 0.225 e. The first-order valence-electron chi connectivity index (χ1n) is 6.47. The Morgan fingerprint density at radius 1 is 1.31 bits per heavy atom. The van der Waals surface area contributed by atoms with E-state index >= 15 is 0 Å². The van der Waals surface area contributed by atoms with E-state index in [9.17, 15) is 4.79 Å². The fourth-order valence-corrected chi connectivity index (χ4v) is 2.53. The number of rotatable bonds is 4. The lowest BCUT2D eigenvalue weighted by Gasteiger charge is -2.31. The van der Waals surface area contributed by atoms with Crippen LogP contribution in [-0.2, 0) is 4.79 Å². The molecule has 1 fully saturated rings. The maximum atomic E-state index is 12.4. The first kappa shape index (κ1) is 13.5. The molecule has 0 aromatic rings. The van der Waals surface area contributed by atoms with E-state index in [1.807, 2.05) is 11.9 Å². The molecule has 2 nitrogen and oxygen atoms in total. The number of carbonyl (C=O) groups excluding carboxylic acids is 1. The summed E-state index contributed by atoms with van der Waals surface area (Å²) in [6.07, 6.45) is 2.50. The Hall–Kier alpha value is -0.530. The molecule has 1 unspecified atom stereocenters. The fourth-order valence-electron chi connectivity index (χ4n) is 2.53. The van der Waals surface area contributed by atoms with E-state index in [1.165, 1.54) is 12.8 Å². The molecule has 1 aliphatic rings. The summed E-state index contributed by atoms with van der Waals surface area (Å²) in [5, 5.41) is 0. The Balaban J connectivity index is 2.60. The zero-order valence-corrected chi connectivity index (χ0v) is 11.7. The minimum Gasteiger partial charge on any atom is -0.345 e. The average molecular weight is 225 g/mol. The third-order valence-corrected chi connectivity index (χ3v) is 3.22. The van der Waals surface area contributed by atoms with Crippen molar-refractivity contribution in [2.24, 2.45) is 23.2 Å². The normalized spacial score (nSPS) is 18.7. The second-order valence-corrected chi connectivity index (χ2v) is 6.86. The molecule has 1 rings (SSSR count). The molecule has 0 N–H and O–H groups in total. The first-order chi connectivity index (χ1) is 7.22. The molecule has 94 valence electrons. The van der Waals surface area contributed by atoms with Crippen molar-refractivity contribution in [2.45, 2.75) is 47.5 Å². The van der Waals surface area contributed by atoms with Gasteiger partial charge in [-0.1, -0.05) is 34.6 Å². The summed E-state index contributed by atoms with van der Waals surface area (Å²) in [5.41, 5.74) is 0.190. The van der Waals surface area contributed by atoms with Crippen LogP contribution in [0.15, 0.2) is 0 Å². The maximum absolute atomic E-state index is 12.4. The van der Waals surface area contributed by atoms with Gasteiger partial charge in [-0.3, -0.25) is 4.79 Å². The minimum absolute atomic E-state index is 0.190. The van der Waals surface area contributed by atoms with Crippen LogP contribution in [0, 0.1) is 23.2 Å². The fraction of sp³-hybridized carbons (Fsp3) is 0.929. The Kier molecular flexibility index (Phi) is 4.03. The van der Waals surface area contributed by atoms with Gasteiger partial charge in [-0.25, -0.2) is 0 Å². The quantitative estimate of drug-likeness (QED) is 0.719. The van der Waals surface area contributed by atoms with Gasteiger partial charge in [0.1, 0.15) is 0 Å². The molecule has 1 aliphatic carbocycles. The molecule has 0 aliphatic heterocycles. The second-order valence-electron chi connectivity index (χ2n) is 6.86. The van der Waals surface area contributed by atoms with Gasteiger partial charge in [-0.05, 0) is 30.1 Å². The lowest BCUT2D eigenvalue weighted by atomic mass is 9.88. The van der Waals surface area contributed by atoms with Gasteiger partial charge in [0, 0.05) is 19.5 Å². The van der Waals surface area contributed by atoms with E-state index < -0.39 is 0 Å². The molecule has 0 aromatic carbocycles. The zero-order valence-electron chi connectivity index (χ0n) is 11.7. The summed E-state index contributed by atoms with van der Waals surface area (Å²) >= 11 is 0. The van der Waals surface area contributed by atoms with Gasteiger partial charge < -0.3 is 4.90 Å². The summed E-state index contributed by atoms with van der Waals surface area (Å²) in [6, 6.07) is 0. The number of hydrogen-bond donors (Lipinski definition) is 0. The summed E-state index contributed by atoms with van der Waals surface area (Å²) in [7, 11) is 1.95. The van der Waals surface area contributed by atoms with Crippen LogP contribution in [0.5, 0.6) is 0 Å². The largest absolute Gasteiger partial charge is 0.345 e. The zero-order chi connectivity index (χ0) is 12.5. The van der Waals surface area contributed by atoms with Gasteiger partial charge in [-0.15, -0.1) is 0 Å². The first-order valence-corrected chi connectivity index (χ1v) is 6.47. The predicted octanol–water partition coefficient (Wildman–Crippen LogP) is 3.17. The molecule has 0 radical (unpaired) electrons. The van der Waals surface area contributed by atoms with Gasteiger partial charge in [-0.2, -0.15) is 0 Å². The summed E-state index contributed by atoms with van der Waals surface area (Å²) in [5.74, 6) is 1.75. The van der Waals surface area contributed by atoms with E-state index in [0.29, 0.717) is 17.7 Å². The Morgan fingerprint density at radius 2 is 1.81 bits per heavy atom. The standard InChI is InChI=1S/C14H27NO/c1-10(2)12(11-7-8-11)13(16)15(6)9-14(3,4)5/h10-12H,7-9H2,1-6H3. The van der Waals surface area contributed by atoms with Crippen LogP contribution in [0.2, 0.25) is 0 Å². The van der Waals surface area contributed by atoms with Crippen molar-refractivity contribution in [2.75, 3.05) is 13.6 Å². The van der Waals surface area contributed by atoms with Crippen LogP contribution >= 0.6 is 0 Å². The van der Waals surface area contributed by atoms with Crippen molar-refractivity contribution in [3.8, 4) is 0 Å². The van der Waals surface area contributed by atoms with Crippen molar-refractivity contribution in [1.82, 2.24) is 4.90 Å². The number of carbonyl (C=O) groups is 1. The number of hydrogen-bond acceptors (Lipinski definition) is 1. The average Bonchev–Trinajstić information content (AvgIpc) is 2.84. The highest BCUT2D eigenvalue weighted by molar-refractivity contribution is 5.79. The van der Waals surface area contributed by atoms with Crippen molar-refractivity contribution in [1.29, 1.82) is 0 Å². The van der Waals surface area contributed by atoms with E-state index in [-0.39, 0.29) is 11.3 Å². The third kappa shape index (κ3) is 3.80. The van der Waals surface area contributed by atoms with Crippen molar-refractivity contribution >= 4 is 5.91 Å². The molecule has 1 amide bonds. The molecule has 0 spiro atoms.